The van der Waals surface area contributed by atoms with E-state index >= 15 is 0 Å². The molecule has 1 saturated carbocycles. The second-order valence-corrected chi connectivity index (χ2v) is 10.5. The third-order valence-corrected chi connectivity index (χ3v) is 8.15. The number of carbonyl (C=O) groups is 3. The minimum absolute atomic E-state index is 0.0290. The molecule has 3 heterocycles. The van der Waals surface area contributed by atoms with E-state index in [-0.39, 0.29) is 42.1 Å². The highest BCUT2D eigenvalue weighted by Crippen LogP contribution is 2.35. The number of hydrogen-bond donors (Lipinski definition) is 1. The van der Waals surface area contributed by atoms with E-state index in [1.807, 2.05) is 31.2 Å². The quantitative estimate of drug-likeness (QED) is 0.706. The molecule has 0 spiro atoms. The maximum absolute atomic E-state index is 13.7. The van der Waals surface area contributed by atoms with Crippen molar-refractivity contribution in [3.05, 3.63) is 29.8 Å². The number of piperazine rings is 1. The number of nitrogens with one attached hydrogen (secondary N) is 1. The summed E-state index contributed by atoms with van der Waals surface area (Å²) in [5, 5.41) is 3.06. The lowest BCUT2D eigenvalue weighted by molar-refractivity contribution is -0.139. The van der Waals surface area contributed by atoms with Crippen LogP contribution >= 0.6 is 0 Å². The molecule has 4 fully saturated rings. The minimum Gasteiger partial charge on any atom is -0.369 e. The monoisotopic (exact) mass is 468 g/mol. The highest BCUT2D eigenvalue weighted by molar-refractivity contribution is 5.99. The maximum Gasteiger partial charge on any atom is 0.251 e. The van der Waals surface area contributed by atoms with E-state index in [0.29, 0.717) is 12.1 Å². The summed E-state index contributed by atoms with van der Waals surface area (Å²) in [7, 11) is 2.13. The molecule has 3 aliphatic heterocycles. The van der Waals surface area contributed by atoms with Gasteiger partial charge in [0.1, 0.15) is 18.7 Å². The van der Waals surface area contributed by atoms with Crippen LogP contribution in [0.1, 0.15) is 43.0 Å². The molecule has 8 nitrogen and oxygen atoms in total. The van der Waals surface area contributed by atoms with Gasteiger partial charge in [-0.1, -0.05) is 19.8 Å². The Balaban J connectivity index is 1.30. The fraction of sp³-hybridized carbons (Fsp3) is 0.654. The summed E-state index contributed by atoms with van der Waals surface area (Å²) in [5.74, 6) is -0.172. The normalized spacial score (nSPS) is 28.9. The van der Waals surface area contributed by atoms with E-state index in [9.17, 15) is 14.4 Å². The lowest BCUT2D eigenvalue weighted by atomic mass is 9.95. The summed E-state index contributed by atoms with van der Waals surface area (Å²) in [6.45, 7) is 6.59. The zero-order chi connectivity index (χ0) is 23.8. The predicted molar refractivity (Wildman–Crippen MR) is 129 cm³/mol. The van der Waals surface area contributed by atoms with Crippen LogP contribution in [0.25, 0.3) is 0 Å². The van der Waals surface area contributed by atoms with Gasteiger partial charge < -0.3 is 24.8 Å². The third-order valence-electron chi connectivity index (χ3n) is 8.15. The summed E-state index contributed by atoms with van der Waals surface area (Å²) in [6, 6.07) is 6.57. The van der Waals surface area contributed by atoms with E-state index in [2.05, 4.69) is 22.2 Å². The Hall–Kier alpha value is -2.45. The van der Waals surface area contributed by atoms with Gasteiger partial charge in [-0.3, -0.25) is 14.4 Å². The van der Waals surface area contributed by atoms with Crippen LogP contribution in [0, 0.1) is 11.8 Å². The summed E-state index contributed by atoms with van der Waals surface area (Å²) < 4.78 is 5.67. The molecule has 3 saturated heterocycles. The largest absolute Gasteiger partial charge is 0.369 e. The highest BCUT2D eigenvalue weighted by Gasteiger charge is 2.52. The maximum atomic E-state index is 13.7. The Morgan fingerprint density at radius 2 is 1.74 bits per heavy atom. The summed E-state index contributed by atoms with van der Waals surface area (Å²) in [5.41, 5.74) is 1.67. The van der Waals surface area contributed by atoms with Crippen molar-refractivity contribution >= 4 is 23.3 Å². The molecule has 184 valence electrons. The SMILES string of the molecule is CC1CN(C(=O)[C@@H](NC(=O)c2ccc(N3CCN(C)CC3)cc2)C2CCCC2)[C@@H]2C(=O)CO[C@H]12. The Bertz CT molecular complexity index is 921. The Morgan fingerprint density at radius 3 is 2.41 bits per heavy atom. The molecular formula is C26H36N4O4. The molecular weight excluding hydrogens is 432 g/mol. The van der Waals surface area contributed by atoms with E-state index < -0.39 is 12.1 Å². The molecule has 0 radical (unpaired) electrons. The number of likely N-dealkylation sites (tertiary alicyclic amines) is 1. The van der Waals surface area contributed by atoms with Gasteiger partial charge in [0.05, 0.1) is 6.10 Å². The number of anilines is 1. The van der Waals surface area contributed by atoms with E-state index in [4.69, 9.17) is 4.74 Å². The lowest BCUT2D eigenvalue weighted by Gasteiger charge is -2.34. The average molecular weight is 469 g/mol. The summed E-state index contributed by atoms with van der Waals surface area (Å²) in [4.78, 5) is 45.7. The molecule has 0 bridgehead atoms. The molecule has 4 aliphatic rings. The molecule has 4 atom stereocenters. The van der Waals surface area contributed by atoms with E-state index in [1.165, 1.54) is 0 Å². The fourth-order valence-corrected chi connectivity index (χ4v) is 6.08. The fourth-order valence-electron chi connectivity index (χ4n) is 6.08. The number of carbonyl (C=O) groups excluding carboxylic acids is 3. The Kier molecular flexibility index (Phi) is 6.62. The number of likely N-dealkylation sites (N-methyl/N-ethyl adjacent to an activating group) is 1. The van der Waals surface area contributed by atoms with Crippen LogP contribution in [-0.2, 0) is 14.3 Å². The number of ketones is 1. The number of amides is 2. The van der Waals surface area contributed by atoms with Crippen LogP contribution in [0.2, 0.25) is 0 Å². The third kappa shape index (κ3) is 4.45. The van der Waals surface area contributed by atoms with Gasteiger partial charge in [-0.15, -0.1) is 0 Å². The minimum atomic E-state index is -0.605. The smallest absolute Gasteiger partial charge is 0.251 e. The molecule has 1 N–H and O–H groups in total. The van der Waals surface area contributed by atoms with Crippen molar-refractivity contribution in [3.63, 3.8) is 0 Å². The van der Waals surface area contributed by atoms with Gasteiger partial charge >= 0.3 is 0 Å². The number of benzene rings is 1. The van der Waals surface area contributed by atoms with Gasteiger partial charge in [0.15, 0.2) is 5.78 Å². The molecule has 1 unspecified atom stereocenters. The predicted octanol–water partition coefficient (Wildman–Crippen LogP) is 1.54. The standard InChI is InChI=1S/C26H36N4O4/c1-17-15-30(23-21(31)16-34-24(17)23)26(33)22(18-5-3-4-6-18)27-25(32)19-7-9-20(10-8-19)29-13-11-28(2)12-14-29/h7-10,17-18,22-24H,3-6,11-16H2,1-2H3,(H,27,32)/t17?,22-,23+,24+/m0/s1. The molecule has 1 aromatic rings. The van der Waals surface area contributed by atoms with Crippen LogP contribution in [0.4, 0.5) is 5.69 Å². The number of rotatable bonds is 5. The second kappa shape index (κ2) is 9.66. The van der Waals surface area contributed by atoms with Crippen LogP contribution < -0.4 is 10.2 Å². The molecule has 8 heteroatoms. The van der Waals surface area contributed by atoms with Crippen LogP contribution in [0.3, 0.4) is 0 Å². The molecule has 5 rings (SSSR count). The first-order chi connectivity index (χ1) is 16.4. The molecule has 1 aromatic carbocycles. The Morgan fingerprint density at radius 1 is 1.06 bits per heavy atom. The highest BCUT2D eigenvalue weighted by atomic mass is 16.5. The van der Waals surface area contributed by atoms with Gasteiger partial charge in [0, 0.05) is 49.9 Å². The van der Waals surface area contributed by atoms with Crippen molar-refractivity contribution in [2.75, 3.05) is 51.3 Å². The first-order valence-corrected chi connectivity index (χ1v) is 12.7. The lowest BCUT2D eigenvalue weighted by Crippen LogP contribution is -2.54. The van der Waals surface area contributed by atoms with Gasteiger partial charge in [0.2, 0.25) is 5.91 Å². The number of nitrogens with zero attached hydrogens (tertiary/aromatic N) is 3. The number of ether oxygens (including phenoxy) is 1. The molecule has 34 heavy (non-hydrogen) atoms. The van der Waals surface area contributed by atoms with Gasteiger partial charge in [-0.25, -0.2) is 0 Å². The van der Waals surface area contributed by atoms with Crippen molar-refractivity contribution in [2.45, 2.75) is 50.8 Å². The van der Waals surface area contributed by atoms with Crippen LogP contribution in [-0.4, -0.2) is 92.0 Å². The number of Topliss-reactive ketones (excluding diaryl/α,β-unsaturated/α-hetero) is 1. The topological polar surface area (TPSA) is 82.2 Å². The van der Waals surface area contributed by atoms with Crippen LogP contribution in [0.15, 0.2) is 24.3 Å². The van der Waals surface area contributed by atoms with Crippen molar-refractivity contribution in [3.8, 4) is 0 Å². The van der Waals surface area contributed by atoms with E-state index in [0.717, 1.165) is 57.5 Å². The van der Waals surface area contributed by atoms with Crippen molar-refractivity contribution in [2.24, 2.45) is 11.8 Å². The molecule has 1 aliphatic carbocycles. The van der Waals surface area contributed by atoms with E-state index in [1.54, 1.807) is 4.90 Å². The zero-order valence-electron chi connectivity index (χ0n) is 20.2. The molecule has 0 aromatic heterocycles. The summed E-state index contributed by atoms with van der Waals surface area (Å²) in [6.07, 6.45) is 3.74. The number of hydrogen-bond acceptors (Lipinski definition) is 6. The van der Waals surface area contributed by atoms with Gasteiger partial charge in [0.25, 0.3) is 5.91 Å². The first kappa shape index (κ1) is 23.3. The number of fused-ring (bicyclic) bond motifs is 1. The van der Waals surface area contributed by atoms with Crippen molar-refractivity contribution < 1.29 is 19.1 Å². The second-order valence-electron chi connectivity index (χ2n) is 10.5. The van der Waals surface area contributed by atoms with Crippen molar-refractivity contribution in [1.29, 1.82) is 0 Å². The van der Waals surface area contributed by atoms with Crippen molar-refractivity contribution in [1.82, 2.24) is 15.1 Å². The average Bonchev–Trinajstić information content (AvgIpc) is 3.58. The Labute approximate surface area is 201 Å². The van der Waals surface area contributed by atoms with Crippen LogP contribution in [0.5, 0.6) is 0 Å². The van der Waals surface area contributed by atoms with Gasteiger partial charge in [-0.05, 0) is 50.1 Å². The summed E-state index contributed by atoms with van der Waals surface area (Å²) >= 11 is 0. The van der Waals surface area contributed by atoms with Gasteiger partial charge in [-0.2, -0.15) is 0 Å². The first-order valence-electron chi connectivity index (χ1n) is 12.7. The zero-order valence-corrected chi connectivity index (χ0v) is 20.2. The molecule has 2 amide bonds.